The van der Waals surface area contributed by atoms with E-state index in [1.807, 2.05) is 35.7 Å². The third kappa shape index (κ3) is 3.40. The van der Waals surface area contributed by atoms with Crippen LogP contribution in [-0.2, 0) is 6.54 Å². The summed E-state index contributed by atoms with van der Waals surface area (Å²) in [6.07, 6.45) is 1.02. The van der Waals surface area contributed by atoms with Crippen molar-refractivity contribution >= 4 is 22.7 Å². The van der Waals surface area contributed by atoms with Gasteiger partial charge in [0, 0.05) is 22.3 Å². The standard InChI is InChI=1S/C14H18N2OS/c1-2-7-17-12-5-3-4-11(9-12)16-10-14-13(15)6-8-18-14/h3-6,8-9,16H,2,7,10,15H2,1H3. The van der Waals surface area contributed by atoms with Gasteiger partial charge in [-0.1, -0.05) is 13.0 Å². The number of nitrogens with one attached hydrogen (secondary N) is 1. The van der Waals surface area contributed by atoms with Crippen molar-refractivity contribution in [2.24, 2.45) is 0 Å². The van der Waals surface area contributed by atoms with Crippen LogP contribution in [0.5, 0.6) is 5.75 Å². The summed E-state index contributed by atoms with van der Waals surface area (Å²) in [5, 5.41) is 5.36. The average Bonchev–Trinajstić information content (AvgIpc) is 2.80. The second kappa shape index (κ2) is 6.31. The van der Waals surface area contributed by atoms with Crippen molar-refractivity contribution in [2.45, 2.75) is 19.9 Å². The lowest BCUT2D eigenvalue weighted by molar-refractivity contribution is 0.317. The van der Waals surface area contributed by atoms with Crippen LogP contribution >= 0.6 is 11.3 Å². The Morgan fingerprint density at radius 3 is 2.94 bits per heavy atom. The van der Waals surface area contributed by atoms with Gasteiger partial charge in [-0.2, -0.15) is 0 Å². The van der Waals surface area contributed by atoms with Gasteiger partial charge in [0.2, 0.25) is 0 Å². The van der Waals surface area contributed by atoms with E-state index in [-0.39, 0.29) is 0 Å². The zero-order valence-corrected chi connectivity index (χ0v) is 11.3. The highest BCUT2D eigenvalue weighted by atomic mass is 32.1. The molecule has 0 spiro atoms. The maximum atomic E-state index is 5.85. The fourth-order valence-corrected chi connectivity index (χ4v) is 2.33. The number of rotatable bonds is 6. The highest BCUT2D eigenvalue weighted by Crippen LogP contribution is 2.22. The monoisotopic (exact) mass is 262 g/mol. The van der Waals surface area contributed by atoms with Gasteiger partial charge in [0.05, 0.1) is 13.2 Å². The molecule has 0 aliphatic rings. The lowest BCUT2D eigenvalue weighted by Crippen LogP contribution is -2.01. The number of anilines is 2. The SMILES string of the molecule is CCCOc1cccc(NCc2sccc2N)c1. The molecule has 2 rings (SSSR count). The van der Waals surface area contributed by atoms with Crippen molar-refractivity contribution in [1.29, 1.82) is 0 Å². The first-order chi connectivity index (χ1) is 8.79. The average molecular weight is 262 g/mol. The van der Waals surface area contributed by atoms with Crippen molar-refractivity contribution < 1.29 is 4.74 Å². The van der Waals surface area contributed by atoms with E-state index >= 15 is 0 Å². The molecule has 3 N–H and O–H groups in total. The van der Waals surface area contributed by atoms with E-state index in [2.05, 4.69) is 12.2 Å². The first kappa shape index (κ1) is 12.8. The Morgan fingerprint density at radius 2 is 2.22 bits per heavy atom. The summed E-state index contributed by atoms with van der Waals surface area (Å²) in [5.41, 5.74) is 7.75. The second-order valence-corrected chi connectivity index (χ2v) is 5.03. The van der Waals surface area contributed by atoms with Crippen LogP contribution < -0.4 is 15.8 Å². The minimum absolute atomic E-state index is 0.751. The maximum Gasteiger partial charge on any atom is 0.121 e. The summed E-state index contributed by atoms with van der Waals surface area (Å²) in [6, 6.07) is 9.94. The van der Waals surface area contributed by atoms with Crippen LogP contribution in [0, 0.1) is 0 Å². The molecule has 2 aromatic rings. The lowest BCUT2D eigenvalue weighted by atomic mass is 10.3. The third-order valence-electron chi connectivity index (χ3n) is 2.54. The van der Waals surface area contributed by atoms with E-state index in [4.69, 9.17) is 10.5 Å². The Hall–Kier alpha value is -1.68. The largest absolute Gasteiger partial charge is 0.494 e. The van der Waals surface area contributed by atoms with Crippen LogP contribution in [0.25, 0.3) is 0 Å². The van der Waals surface area contributed by atoms with Crippen molar-refractivity contribution in [1.82, 2.24) is 0 Å². The van der Waals surface area contributed by atoms with Gasteiger partial charge in [0.15, 0.2) is 0 Å². The molecule has 0 atom stereocenters. The minimum atomic E-state index is 0.751. The van der Waals surface area contributed by atoms with Gasteiger partial charge in [-0.05, 0) is 30.0 Å². The number of hydrogen-bond donors (Lipinski definition) is 2. The maximum absolute atomic E-state index is 5.85. The summed E-state index contributed by atoms with van der Waals surface area (Å²) in [7, 11) is 0. The van der Waals surface area contributed by atoms with Gasteiger partial charge >= 0.3 is 0 Å². The van der Waals surface area contributed by atoms with Gasteiger partial charge < -0.3 is 15.8 Å². The molecule has 0 saturated carbocycles. The second-order valence-electron chi connectivity index (χ2n) is 4.03. The molecule has 1 aromatic carbocycles. The van der Waals surface area contributed by atoms with Gasteiger partial charge in [0.1, 0.15) is 5.75 Å². The molecule has 4 heteroatoms. The molecule has 0 unspecified atom stereocenters. The molecule has 0 aliphatic heterocycles. The van der Waals surface area contributed by atoms with E-state index < -0.39 is 0 Å². The van der Waals surface area contributed by atoms with Crippen LogP contribution in [0.3, 0.4) is 0 Å². The molecule has 0 saturated heterocycles. The van der Waals surface area contributed by atoms with E-state index in [0.29, 0.717) is 0 Å². The van der Waals surface area contributed by atoms with Crippen LogP contribution in [0.15, 0.2) is 35.7 Å². The van der Waals surface area contributed by atoms with Crippen molar-refractivity contribution in [3.8, 4) is 5.75 Å². The molecule has 3 nitrogen and oxygen atoms in total. The summed E-state index contributed by atoms with van der Waals surface area (Å²) in [4.78, 5) is 1.16. The predicted octanol–water partition coefficient (Wildman–Crippen LogP) is 3.73. The molecule has 0 aliphatic carbocycles. The highest BCUT2D eigenvalue weighted by molar-refractivity contribution is 7.10. The summed E-state index contributed by atoms with van der Waals surface area (Å²) in [5.74, 6) is 0.904. The number of hydrogen-bond acceptors (Lipinski definition) is 4. The number of nitrogens with two attached hydrogens (primary N) is 1. The number of ether oxygens (including phenoxy) is 1. The Morgan fingerprint density at radius 1 is 1.33 bits per heavy atom. The highest BCUT2D eigenvalue weighted by Gasteiger charge is 2.01. The fourth-order valence-electron chi connectivity index (χ4n) is 1.59. The van der Waals surface area contributed by atoms with Crippen LogP contribution in [0.1, 0.15) is 18.2 Å². The van der Waals surface area contributed by atoms with Gasteiger partial charge in [-0.25, -0.2) is 0 Å². The Bertz CT molecular complexity index is 496. The number of nitrogen functional groups attached to an aromatic ring is 1. The zero-order valence-electron chi connectivity index (χ0n) is 10.5. The molecule has 0 bridgehead atoms. The molecule has 0 amide bonds. The first-order valence-corrected chi connectivity index (χ1v) is 6.96. The van der Waals surface area contributed by atoms with Crippen molar-refractivity contribution in [3.63, 3.8) is 0 Å². The normalized spacial score (nSPS) is 10.3. The van der Waals surface area contributed by atoms with Crippen molar-refractivity contribution in [2.75, 3.05) is 17.7 Å². The predicted molar refractivity (Wildman–Crippen MR) is 78.3 cm³/mol. The molecule has 1 aromatic heterocycles. The molecule has 0 fully saturated rings. The molecule has 1 heterocycles. The smallest absolute Gasteiger partial charge is 0.121 e. The van der Waals surface area contributed by atoms with Crippen LogP contribution in [0.2, 0.25) is 0 Å². The zero-order chi connectivity index (χ0) is 12.8. The minimum Gasteiger partial charge on any atom is -0.494 e. The molecular weight excluding hydrogens is 244 g/mol. The van der Waals surface area contributed by atoms with E-state index in [1.54, 1.807) is 11.3 Å². The number of benzene rings is 1. The van der Waals surface area contributed by atoms with Crippen molar-refractivity contribution in [3.05, 3.63) is 40.6 Å². The van der Waals surface area contributed by atoms with E-state index in [9.17, 15) is 0 Å². The summed E-state index contributed by atoms with van der Waals surface area (Å²) in [6.45, 7) is 3.60. The fraction of sp³-hybridized carbons (Fsp3) is 0.286. The third-order valence-corrected chi connectivity index (χ3v) is 3.48. The van der Waals surface area contributed by atoms with E-state index in [0.717, 1.165) is 41.6 Å². The molecule has 0 radical (unpaired) electrons. The Kier molecular flexibility index (Phi) is 4.47. The molecular formula is C14H18N2OS. The Balaban J connectivity index is 1.95. The molecule has 96 valence electrons. The summed E-state index contributed by atoms with van der Waals surface area (Å²) >= 11 is 1.67. The van der Waals surface area contributed by atoms with Gasteiger partial charge in [0.25, 0.3) is 0 Å². The van der Waals surface area contributed by atoms with Crippen LogP contribution in [0.4, 0.5) is 11.4 Å². The quantitative estimate of drug-likeness (QED) is 0.834. The number of thiophene rings is 1. The van der Waals surface area contributed by atoms with Gasteiger partial charge in [-0.3, -0.25) is 0 Å². The first-order valence-electron chi connectivity index (χ1n) is 6.08. The molecule has 18 heavy (non-hydrogen) atoms. The topological polar surface area (TPSA) is 47.3 Å². The summed E-state index contributed by atoms with van der Waals surface area (Å²) < 4.78 is 5.59. The Labute approximate surface area is 112 Å². The van der Waals surface area contributed by atoms with Gasteiger partial charge in [-0.15, -0.1) is 11.3 Å². The van der Waals surface area contributed by atoms with Crippen LogP contribution in [-0.4, -0.2) is 6.61 Å². The van der Waals surface area contributed by atoms with E-state index in [1.165, 1.54) is 0 Å². The lowest BCUT2D eigenvalue weighted by Gasteiger charge is -2.09.